The van der Waals surface area contributed by atoms with Gasteiger partial charge in [0, 0.05) is 17.1 Å². The van der Waals surface area contributed by atoms with Crippen LogP contribution < -0.4 is 4.90 Å². The molecular formula is C26H22ClNO3. The Hall–Kier alpha value is -3.21. The predicted molar refractivity (Wildman–Crippen MR) is 123 cm³/mol. The minimum absolute atomic E-state index is 0.337. The Morgan fingerprint density at radius 2 is 1.68 bits per heavy atom. The molecule has 1 amide bonds. The first-order valence-electron chi connectivity index (χ1n) is 10.1. The van der Waals surface area contributed by atoms with E-state index in [0.717, 1.165) is 11.1 Å². The van der Waals surface area contributed by atoms with Gasteiger partial charge in [-0.15, -0.1) is 0 Å². The third-order valence-corrected chi connectivity index (χ3v) is 5.69. The van der Waals surface area contributed by atoms with Gasteiger partial charge in [-0.25, -0.2) is 0 Å². The van der Waals surface area contributed by atoms with Crippen molar-refractivity contribution < 1.29 is 14.7 Å². The zero-order valence-corrected chi connectivity index (χ0v) is 17.6. The van der Waals surface area contributed by atoms with Crippen molar-refractivity contribution in [2.24, 2.45) is 0 Å². The van der Waals surface area contributed by atoms with Gasteiger partial charge < -0.3 is 10.0 Å². The van der Waals surface area contributed by atoms with E-state index in [-0.39, 0.29) is 12.2 Å². The summed E-state index contributed by atoms with van der Waals surface area (Å²) in [4.78, 5) is 27.5. The van der Waals surface area contributed by atoms with Crippen LogP contribution >= 0.6 is 11.6 Å². The molecule has 5 heteroatoms. The fraction of sp³-hybridized carbons (Fsp3) is 0.154. The number of rotatable bonds is 7. The highest BCUT2D eigenvalue weighted by molar-refractivity contribution is 6.31. The molecule has 0 aliphatic carbocycles. The van der Waals surface area contributed by atoms with E-state index in [1.807, 2.05) is 60.7 Å². The molecule has 156 valence electrons. The lowest BCUT2D eigenvalue weighted by molar-refractivity contribution is -0.140. The first kappa shape index (κ1) is 21.0. The topological polar surface area (TPSA) is 57.6 Å². The number of halogens is 1. The average Bonchev–Trinajstić information content (AvgIpc) is 2.98. The molecule has 1 atom stereocenters. The van der Waals surface area contributed by atoms with E-state index >= 15 is 0 Å². The smallest absolute Gasteiger partial charge is 0.264 e. The molecule has 0 saturated heterocycles. The number of nitrogens with zero attached hydrogens (tertiary/aromatic N) is 1. The number of fused-ring (bicyclic) bond motifs is 1. The molecule has 0 spiro atoms. The molecule has 31 heavy (non-hydrogen) atoms. The molecule has 4 rings (SSSR count). The molecule has 3 aromatic carbocycles. The van der Waals surface area contributed by atoms with Gasteiger partial charge in [-0.05, 0) is 41.8 Å². The van der Waals surface area contributed by atoms with Crippen LogP contribution in [0, 0.1) is 0 Å². The zero-order valence-electron chi connectivity index (χ0n) is 16.9. The van der Waals surface area contributed by atoms with Crippen molar-refractivity contribution >= 4 is 35.1 Å². The maximum absolute atomic E-state index is 13.3. The highest BCUT2D eigenvalue weighted by atomic mass is 35.5. The maximum atomic E-state index is 13.3. The van der Waals surface area contributed by atoms with E-state index in [2.05, 4.69) is 0 Å². The molecule has 1 aliphatic heterocycles. The Morgan fingerprint density at radius 3 is 2.39 bits per heavy atom. The number of carbonyl (C=O) groups excluding carboxylic acids is 2. The van der Waals surface area contributed by atoms with Gasteiger partial charge in [-0.1, -0.05) is 78.3 Å². The molecule has 1 N–H and O–H groups in total. The summed E-state index contributed by atoms with van der Waals surface area (Å²) in [7, 11) is 0. The Bertz CT molecular complexity index is 1130. The molecule has 0 radical (unpaired) electrons. The molecule has 0 aromatic heterocycles. The normalized spacial score (nSPS) is 17.9. The van der Waals surface area contributed by atoms with Crippen molar-refractivity contribution in [2.75, 3.05) is 11.4 Å². The second-order valence-corrected chi connectivity index (χ2v) is 8.04. The van der Waals surface area contributed by atoms with Gasteiger partial charge in [0.2, 0.25) is 0 Å². The van der Waals surface area contributed by atoms with Crippen LogP contribution in [0.2, 0.25) is 5.02 Å². The van der Waals surface area contributed by atoms with Crippen LogP contribution in [0.5, 0.6) is 0 Å². The summed E-state index contributed by atoms with van der Waals surface area (Å²) in [5.41, 5.74) is 0.985. The molecular weight excluding hydrogens is 410 g/mol. The number of amides is 1. The van der Waals surface area contributed by atoms with E-state index in [9.17, 15) is 14.7 Å². The van der Waals surface area contributed by atoms with Gasteiger partial charge >= 0.3 is 0 Å². The van der Waals surface area contributed by atoms with Crippen LogP contribution in [-0.4, -0.2) is 23.3 Å². The lowest BCUT2D eigenvalue weighted by Gasteiger charge is -2.22. The summed E-state index contributed by atoms with van der Waals surface area (Å²) in [6.07, 6.45) is 3.37. The molecule has 3 aromatic rings. The molecule has 1 aliphatic rings. The van der Waals surface area contributed by atoms with Crippen LogP contribution in [0.1, 0.15) is 23.1 Å². The van der Waals surface area contributed by atoms with E-state index < -0.39 is 11.5 Å². The minimum atomic E-state index is -1.94. The predicted octanol–water partition coefficient (Wildman–Crippen LogP) is 4.79. The van der Waals surface area contributed by atoms with Crippen LogP contribution in [-0.2, 0) is 21.6 Å². The Morgan fingerprint density at radius 1 is 1.00 bits per heavy atom. The van der Waals surface area contributed by atoms with Crippen molar-refractivity contribution in [1.82, 2.24) is 0 Å². The molecule has 0 bridgehead atoms. The van der Waals surface area contributed by atoms with E-state index in [0.29, 0.717) is 29.2 Å². The Labute approximate surface area is 186 Å². The van der Waals surface area contributed by atoms with Crippen molar-refractivity contribution in [1.29, 1.82) is 0 Å². The quantitative estimate of drug-likeness (QED) is 0.547. The lowest BCUT2D eigenvalue weighted by atomic mass is 9.89. The summed E-state index contributed by atoms with van der Waals surface area (Å²) < 4.78 is 0. The minimum Gasteiger partial charge on any atom is -0.375 e. The molecule has 0 saturated carbocycles. The third-order valence-electron chi connectivity index (χ3n) is 5.45. The first-order chi connectivity index (χ1) is 15.0. The van der Waals surface area contributed by atoms with Crippen LogP contribution in [0.3, 0.4) is 0 Å². The summed E-state index contributed by atoms with van der Waals surface area (Å²) in [5.74, 6) is -0.835. The van der Waals surface area contributed by atoms with Gasteiger partial charge in [-0.2, -0.15) is 0 Å². The number of carbonyl (C=O) groups is 2. The van der Waals surface area contributed by atoms with Crippen molar-refractivity contribution in [3.8, 4) is 0 Å². The number of aliphatic hydroxyl groups is 1. The fourth-order valence-electron chi connectivity index (χ4n) is 3.87. The van der Waals surface area contributed by atoms with Gasteiger partial charge in [0.05, 0.1) is 12.1 Å². The van der Waals surface area contributed by atoms with Crippen LogP contribution in [0.15, 0.2) is 84.9 Å². The summed E-state index contributed by atoms with van der Waals surface area (Å²) in [6, 6.07) is 24.2. The lowest BCUT2D eigenvalue weighted by Crippen LogP contribution is -2.42. The SMILES string of the molecule is O=C(/C=C/c1ccccc1)C[C@@]1(O)C(=O)N(CCc2ccccc2)c2ccc(Cl)cc21. The molecule has 1 heterocycles. The number of ketones is 1. The van der Waals surface area contributed by atoms with Gasteiger partial charge in [0.15, 0.2) is 11.4 Å². The van der Waals surface area contributed by atoms with Crippen molar-refractivity contribution in [3.05, 3.63) is 107 Å². The molecule has 4 nitrogen and oxygen atoms in total. The second-order valence-electron chi connectivity index (χ2n) is 7.60. The number of hydrogen-bond acceptors (Lipinski definition) is 3. The second kappa shape index (κ2) is 8.88. The highest BCUT2D eigenvalue weighted by Gasteiger charge is 2.50. The summed E-state index contributed by atoms with van der Waals surface area (Å²) in [6.45, 7) is 0.397. The Kier molecular flexibility index (Phi) is 6.03. The monoisotopic (exact) mass is 431 g/mol. The maximum Gasteiger partial charge on any atom is 0.264 e. The standard InChI is InChI=1S/C26H22ClNO3/c27-21-12-14-24-23(17-21)26(31,18-22(29)13-11-19-7-3-1-4-8-19)25(30)28(24)16-15-20-9-5-2-6-10-20/h1-14,17,31H,15-16,18H2/b13-11+/t26-/m0/s1. The van der Waals surface area contributed by atoms with Crippen LogP contribution in [0.25, 0.3) is 6.08 Å². The van der Waals surface area contributed by atoms with Crippen molar-refractivity contribution in [3.63, 3.8) is 0 Å². The van der Waals surface area contributed by atoms with Gasteiger partial charge in [0.1, 0.15) is 0 Å². The number of allylic oxidation sites excluding steroid dienone is 1. The Balaban J connectivity index is 1.58. The molecule has 0 fully saturated rings. The van der Waals surface area contributed by atoms with E-state index in [4.69, 9.17) is 11.6 Å². The fourth-order valence-corrected chi connectivity index (χ4v) is 4.04. The van der Waals surface area contributed by atoms with Crippen molar-refractivity contribution in [2.45, 2.75) is 18.4 Å². The third kappa shape index (κ3) is 4.46. The number of benzene rings is 3. The molecule has 0 unspecified atom stereocenters. The van der Waals surface area contributed by atoms with Gasteiger partial charge in [-0.3, -0.25) is 9.59 Å². The summed E-state index contributed by atoms with van der Waals surface area (Å²) in [5, 5.41) is 11.8. The average molecular weight is 432 g/mol. The number of hydrogen-bond donors (Lipinski definition) is 1. The number of anilines is 1. The summed E-state index contributed by atoms with van der Waals surface area (Å²) >= 11 is 6.16. The van der Waals surface area contributed by atoms with Crippen LogP contribution in [0.4, 0.5) is 5.69 Å². The highest BCUT2D eigenvalue weighted by Crippen LogP contribution is 2.43. The van der Waals surface area contributed by atoms with E-state index in [1.165, 1.54) is 6.08 Å². The zero-order chi connectivity index (χ0) is 21.8. The largest absolute Gasteiger partial charge is 0.375 e. The van der Waals surface area contributed by atoms with Gasteiger partial charge in [0.25, 0.3) is 5.91 Å². The first-order valence-corrected chi connectivity index (χ1v) is 10.5. The van der Waals surface area contributed by atoms with E-state index in [1.54, 1.807) is 29.2 Å².